The van der Waals surface area contributed by atoms with Crippen LogP contribution < -0.4 is 10.6 Å². The number of rotatable bonds is 3. The minimum atomic E-state index is -0.748. The normalized spacial score (nSPS) is 9.88. The molecule has 0 radical (unpaired) electrons. The molecular weight excluding hydrogens is 216 g/mol. The molecule has 0 aromatic heterocycles. The van der Waals surface area contributed by atoms with E-state index in [4.69, 9.17) is 5.73 Å². The Bertz CT molecular complexity index is 458. The van der Waals surface area contributed by atoms with Crippen LogP contribution in [0.15, 0.2) is 12.1 Å². The van der Waals surface area contributed by atoms with Gasteiger partial charge in [0.15, 0.2) is 0 Å². The monoisotopic (exact) mass is 226 g/mol. The Morgan fingerprint density at radius 2 is 1.62 bits per heavy atom. The van der Waals surface area contributed by atoms with Crippen molar-refractivity contribution in [2.24, 2.45) is 0 Å². The second-order valence-electron chi connectivity index (χ2n) is 3.31. The molecule has 1 rings (SSSR count). The van der Waals surface area contributed by atoms with Crippen molar-refractivity contribution in [1.29, 1.82) is 0 Å². The van der Waals surface area contributed by atoms with Crippen LogP contribution >= 0.6 is 0 Å². The smallest absolute Gasteiger partial charge is 0.299 e. The zero-order chi connectivity index (χ0) is 12.5. The SMILES string of the molecule is CN(C)c1cc(N)c([N+](=O)[O-])cc1[N+](=O)[O-]. The van der Waals surface area contributed by atoms with Gasteiger partial charge in [-0.2, -0.15) is 0 Å². The Morgan fingerprint density at radius 1 is 1.12 bits per heavy atom. The van der Waals surface area contributed by atoms with E-state index in [9.17, 15) is 20.2 Å². The summed E-state index contributed by atoms with van der Waals surface area (Å²) in [6, 6.07) is 2.08. The van der Waals surface area contributed by atoms with E-state index >= 15 is 0 Å². The van der Waals surface area contributed by atoms with Gasteiger partial charge >= 0.3 is 0 Å². The lowest BCUT2D eigenvalue weighted by atomic mass is 10.2. The third-order valence-electron chi connectivity index (χ3n) is 2.00. The predicted octanol–water partition coefficient (Wildman–Crippen LogP) is 1.15. The van der Waals surface area contributed by atoms with Crippen LogP contribution in [0.2, 0.25) is 0 Å². The van der Waals surface area contributed by atoms with Gasteiger partial charge in [0.2, 0.25) is 0 Å². The van der Waals surface area contributed by atoms with Crippen molar-refractivity contribution in [3.63, 3.8) is 0 Å². The molecule has 0 saturated heterocycles. The van der Waals surface area contributed by atoms with Crippen LogP contribution in [-0.4, -0.2) is 23.9 Å². The molecule has 8 nitrogen and oxygen atoms in total. The molecule has 0 bridgehead atoms. The van der Waals surface area contributed by atoms with Crippen LogP contribution in [0.4, 0.5) is 22.7 Å². The summed E-state index contributed by atoms with van der Waals surface area (Å²) in [7, 11) is 3.18. The van der Waals surface area contributed by atoms with Crippen LogP contribution in [0.5, 0.6) is 0 Å². The van der Waals surface area contributed by atoms with Gasteiger partial charge in [0.05, 0.1) is 15.9 Å². The Hall–Kier alpha value is -2.38. The molecule has 2 N–H and O–H groups in total. The topological polar surface area (TPSA) is 116 Å². The number of anilines is 2. The highest BCUT2D eigenvalue weighted by atomic mass is 16.6. The second kappa shape index (κ2) is 4.01. The highest BCUT2D eigenvalue weighted by Crippen LogP contribution is 2.35. The summed E-state index contributed by atoms with van der Waals surface area (Å²) in [5.74, 6) is 0. The molecule has 0 spiro atoms. The summed E-state index contributed by atoms with van der Waals surface area (Å²) >= 11 is 0. The van der Waals surface area contributed by atoms with Crippen molar-refractivity contribution in [2.75, 3.05) is 24.7 Å². The Balaban J connectivity index is 3.49. The zero-order valence-electron chi connectivity index (χ0n) is 8.71. The first-order valence-corrected chi connectivity index (χ1v) is 4.24. The average Bonchev–Trinajstić information content (AvgIpc) is 2.15. The van der Waals surface area contributed by atoms with Gasteiger partial charge in [-0.1, -0.05) is 0 Å². The number of nitro benzene ring substituents is 2. The van der Waals surface area contributed by atoms with Gasteiger partial charge in [-0.15, -0.1) is 0 Å². The molecule has 0 atom stereocenters. The standard InChI is InChI=1S/C8H10N4O4/c1-10(2)7-3-5(9)6(11(13)14)4-8(7)12(15)16/h3-4H,9H2,1-2H3. The molecule has 0 unspecified atom stereocenters. The maximum atomic E-state index is 10.7. The molecular formula is C8H10N4O4. The second-order valence-corrected chi connectivity index (χ2v) is 3.31. The van der Waals surface area contributed by atoms with Gasteiger partial charge in [0, 0.05) is 14.1 Å². The molecule has 0 heterocycles. The maximum absolute atomic E-state index is 10.7. The van der Waals surface area contributed by atoms with Crippen molar-refractivity contribution in [2.45, 2.75) is 0 Å². The van der Waals surface area contributed by atoms with Crippen molar-refractivity contribution >= 4 is 22.7 Å². The Morgan fingerprint density at radius 3 is 2.00 bits per heavy atom. The maximum Gasteiger partial charge on any atom is 0.299 e. The van der Waals surface area contributed by atoms with E-state index in [1.807, 2.05) is 0 Å². The van der Waals surface area contributed by atoms with Crippen LogP contribution in [0, 0.1) is 20.2 Å². The van der Waals surface area contributed by atoms with Gasteiger partial charge in [0.1, 0.15) is 11.4 Å². The van der Waals surface area contributed by atoms with E-state index in [2.05, 4.69) is 0 Å². The van der Waals surface area contributed by atoms with Gasteiger partial charge in [0.25, 0.3) is 11.4 Å². The number of nitrogens with zero attached hydrogens (tertiary/aromatic N) is 3. The number of nitrogen functional groups attached to an aromatic ring is 1. The molecule has 0 fully saturated rings. The van der Waals surface area contributed by atoms with Crippen molar-refractivity contribution in [3.05, 3.63) is 32.4 Å². The Kier molecular flexibility index (Phi) is 2.93. The lowest BCUT2D eigenvalue weighted by Crippen LogP contribution is -2.12. The summed E-state index contributed by atoms with van der Waals surface area (Å²) < 4.78 is 0. The van der Waals surface area contributed by atoms with Crippen LogP contribution in [-0.2, 0) is 0 Å². The molecule has 8 heteroatoms. The van der Waals surface area contributed by atoms with Gasteiger partial charge in [-0.05, 0) is 6.07 Å². The van der Waals surface area contributed by atoms with Crippen LogP contribution in [0.1, 0.15) is 0 Å². The van der Waals surface area contributed by atoms with Gasteiger partial charge in [-0.25, -0.2) is 0 Å². The summed E-state index contributed by atoms with van der Waals surface area (Å²) in [6.07, 6.45) is 0. The van der Waals surface area contributed by atoms with Crippen molar-refractivity contribution < 1.29 is 9.85 Å². The minimum absolute atomic E-state index is 0.0979. The van der Waals surface area contributed by atoms with Crippen molar-refractivity contribution in [3.8, 4) is 0 Å². The third-order valence-corrected chi connectivity index (χ3v) is 2.00. The van der Waals surface area contributed by atoms with Gasteiger partial charge in [-0.3, -0.25) is 20.2 Å². The lowest BCUT2D eigenvalue weighted by Gasteiger charge is -2.12. The third kappa shape index (κ3) is 2.00. The summed E-state index contributed by atoms with van der Waals surface area (Å²) in [6.45, 7) is 0. The van der Waals surface area contributed by atoms with Crippen LogP contribution in [0.3, 0.4) is 0 Å². The molecule has 16 heavy (non-hydrogen) atoms. The van der Waals surface area contributed by atoms with E-state index in [0.29, 0.717) is 0 Å². The minimum Gasteiger partial charge on any atom is -0.393 e. The zero-order valence-corrected chi connectivity index (χ0v) is 8.71. The van der Waals surface area contributed by atoms with E-state index in [0.717, 1.165) is 6.07 Å². The fourth-order valence-corrected chi connectivity index (χ4v) is 1.24. The highest BCUT2D eigenvalue weighted by molar-refractivity contribution is 5.75. The molecule has 0 saturated carbocycles. The van der Waals surface area contributed by atoms with E-state index in [1.54, 1.807) is 14.1 Å². The molecule has 1 aromatic rings. The highest BCUT2D eigenvalue weighted by Gasteiger charge is 2.23. The molecule has 86 valence electrons. The fraction of sp³-hybridized carbons (Fsp3) is 0.250. The molecule has 0 aliphatic carbocycles. The summed E-state index contributed by atoms with van der Waals surface area (Å²) in [5, 5.41) is 21.3. The molecule has 0 amide bonds. The number of nitro groups is 2. The van der Waals surface area contributed by atoms with E-state index in [-0.39, 0.29) is 17.1 Å². The Labute approximate surface area is 90.6 Å². The first-order valence-electron chi connectivity index (χ1n) is 4.24. The molecule has 0 aliphatic heterocycles. The number of hydrogen-bond acceptors (Lipinski definition) is 6. The fourth-order valence-electron chi connectivity index (χ4n) is 1.24. The summed E-state index contributed by atoms with van der Waals surface area (Å²) in [5.41, 5.74) is 4.77. The number of benzene rings is 1. The molecule has 1 aromatic carbocycles. The number of nitrogens with two attached hydrogens (primary N) is 1. The first kappa shape index (κ1) is 11.7. The molecule has 0 aliphatic rings. The average molecular weight is 226 g/mol. The first-order chi connectivity index (χ1) is 7.34. The lowest BCUT2D eigenvalue weighted by molar-refractivity contribution is -0.393. The van der Waals surface area contributed by atoms with E-state index in [1.165, 1.54) is 11.0 Å². The quantitative estimate of drug-likeness (QED) is 0.469. The van der Waals surface area contributed by atoms with Crippen LogP contribution in [0.25, 0.3) is 0 Å². The number of hydrogen-bond donors (Lipinski definition) is 1. The summed E-state index contributed by atoms with van der Waals surface area (Å²) in [4.78, 5) is 21.3. The van der Waals surface area contributed by atoms with E-state index < -0.39 is 15.5 Å². The largest absolute Gasteiger partial charge is 0.393 e. The van der Waals surface area contributed by atoms with Crippen molar-refractivity contribution in [1.82, 2.24) is 0 Å². The van der Waals surface area contributed by atoms with Gasteiger partial charge < -0.3 is 10.6 Å². The predicted molar refractivity (Wildman–Crippen MR) is 58.5 cm³/mol.